The molecule has 0 radical (unpaired) electrons. The number of amides is 1. The summed E-state index contributed by atoms with van der Waals surface area (Å²) in [7, 11) is 0. The van der Waals surface area contributed by atoms with Gasteiger partial charge in [0.05, 0.1) is 11.7 Å². The number of aryl methyl sites for hydroxylation is 3. The Hall–Kier alpha value is -2.88. The van der Waals surface area contributed by atoms with Gasteiger partial charge in [0.25, 0.3) is 5.91 Å². The third kappa shape index (κ3) is 3.63. The van der Waals surface area contributed by atoms with E-state index in [0.29, 0.717) is 23.4 Å². The molecule has 1 atom stereocenters. The second kappa shape index (κ2) is 7.34. The fourth-order valence-corrected chi connectivity index (χ4v) is 2.92. The lowest BCUT2D eigenvalue weighted by molar-refractivity contribution is 0.0940. The van der Waals surface area contributed by atoms with Crippen molar-refractivity contribution in [1.82, 2.24) is 10.5 Å². The van der Waals surface area contributed by atoms with E-state index in [1.54, 1.807) is 6.92 Å². The molecule has 0 saturated carbocycles. The van der Waals surface area contributed by atoms with E-state index < -0.39 is 0 Å². The second-order valence-corrected chi connectivity index (χ2v) is 6.14. The third-order valence-corrected chi connectivity index (χ3v) is 4.31. The van der Waals surface area contributed by atoms with Gasteiger partial charge in [-0.3, -0.25) is 4.79 Å². The van der Waals surface area contributed by atoms with Crippen molar-refractivity contribution in [2.45, 2.75) is 33.2 Å². The maximum absolute atomic E-state index is 12.9. The number of carbonyl (C=O) groups is 1. The molecule has 1 unspecified atom stereocenters. The summed E-state index contributed by atoms with van der Waals surface area (Å²) in [6.45, 7) is 5.78. The number of hydrogen-bond acceptors (Lipinski definition) is 3. The van der Waals surface area contributed by atoms with Crippen LogP contribution in [0.5, 0.6) is 0 Å². The van der Waals surface area contributed by atoms with Crippen molar-refractivity contribution in [3.05, 3.63) is 88.3 Å². The first-order chi connectivity index (χ1) is 12.1. The summed E-state index contributed by atoms with van der Waals surface area (Å²) >= 11 is 0. The minimum atomic E-state index is -0.228. The summed E-state index contributed by atoms with van der Waals surface area (Å²) in [5.41, 5.74) is 4.48. The number of aromatic nitrogens is 1. The summed E-state index contributed by atoms with van der Waals surface area (Å²) in [6.07, 6.45) is 0.653. The molecule has 0 spiro atoms. The monoisotopic (exact) mass is 334 g/mol. The molecule has 25 heavy (non-hydrogen) atoms. The summed E-state index contributed by atoms with van der Waals surface area (Å²) in [5, 5.41) is 7.13. The van der Waals surface area contributed by atoms with Crippen LogP contribution >= 0.6 is 0 Å². The zero-order chi connectivity index (χ0) is 17.8. The standard InChI is InChI=1S/C21H22N2O2/c1-4-18-19(15(3)25-23-18)21(24)22-20(16-8-6-5-7-9-16)17-12-10-14(2)11-13-17/h5-13,20H,4H2,1-3H3,(H,22,24). The van der Waals surface area contributed by atoms with Crippen LogP contribution in [-0.2, 0) is 6.42 Å². The molecule has 1 amide bonds. The first-order valence-corrected chi connectivity index (χ1v) is 8.47. The molecule has 0 bridgehead atoms. The van der Waals surface area contributed by atoms with Gasteiger partial charge in [0, 0.05) is 0 Å². The van der Waals surface area contributed by atoms with Crippen LogP contribution in [0.4, 0.5) is 0 Å². The van der Waals surface area contributed by atoms with Crippen LogP contribution in [0.1, 0.15) is 51.5 Å². The molecule has 1 N–H and O–H groups in total. The number of benzene rings is 2. The van der Waals surface area contributed by atoms with Gasteiger partial charge in [-0.15, -0.1) is 0 Å². The van der Waals surface area contributed by atoms with Gasteiger partial charge in [-0.25, -0.2) is 0 Å². The van der Waals surface area contributed by atoms with E-state index in [-0.39, 0.29) is 11.9 Å². The summed E-state index contributed by atoms with van der Waals surface area (Å²) in [4.78, 5) is 12.9. The highest BCUT2D eigenvalue weighted by Gasteiger charge is 2.23. The molecular formula is C21H22N2O2. The van der Waals surface area contributed by atoms with Crippen LogP contribution < -0.4 is 5.32 Å². The Bertz CT molecular complexity index is 851. The van der Waals surface area contributed by atoms with Gasteiger partial charge in [-0.1, -0.05) is 72.2 Å². The molecule has 0 aliphatic rings. The molecule has 4 nitrogen and oxygen atoms in total. The van der Waals surface area contributed by atoms with Gasteiger partial charge in [0.15, 0.2) is 0 Å². The summed E-state index contributed by atoms with van der Waals surface area (Å²) in [5.74, 6) is 0.384. The van der Waals surface area contributed by atoms with Crippen LogP contribution in [0.15, 0.2) is 59.1 Å². The maximum Gasteiger partial charge on any atom is 0.257 e. The molecule has 0 saturated heterocycles. The number of carbonyl (C=O) groups excluding carboxylic acids is 1. The predicted octanol–water partition coefficient (Wildman–Crippen LogP) is 4.37. The molecule has 2 aromatic carbocycles. The van der Waals surface area contributed by atoms with Gasteiger partial charge < -0.3 is 9.84 Å². The van der Waals surface area contributed by atoms with E-state index >= 15 is 0 Å². The van der Waals surface area contributed by atoms with Crippen LogP contribution in [0.25, 0.3) is 0 Å². The number of nitrogens with zero attached hydrogens (tertiary/aromatic N) is 1. The molecule has 0 aliphatic heterocycles. The van der Waals surface area contributed by atoms with Crippen molar-refractivity contribution < 1.29 is 9.32 Å². The third-order valence-electron chi connectivity index (χ3n) is 4.31. The number of hydrogen-bond donors (Lipinski definition) is 1. The first kappa shape index (κ1) is 17.0. The maximum atomic E-state index is 12.9. The van der Waals surface area contributed by atoms with Gasteiger partial charge in [-0.05, 0) is 31.4 Å². The van der Waals surface area contributed by atoms with Gasteiger partial charge in [0.2, 0.25) is 0 Å². The average molecular weight is 334 g/mol. The SMILES string of the molecule is CCc1noc(C)c1C(=O)NC(c1ccccc1)c1ccc(C)cc1. The Morgan fingerprint density at radius 3 is 2.32 bits per heavy atom. The lowest BCUT2D eigenvalue weighted by Crippen LogP contribution is -2.30. The first-order valence-electron chi connectivity index (χ1n) is 8.47. The minimum absolute atomic E-state index is 0.162. The highest BCUT2D eigenvalue weighted by atomic mass is 16.5. The van der Waals surface area contributed by atoms with Crippen molar-refractivity contribution in [1.29, 1.82) is 0 Å². The highest BCUT2D eigenvalue weighted by Crippen LogP contribution is 2.24. The van der Waals surface area contributed by atoms with E-state index in [1.807, 2.05) is 44.2 Å². The van der Waals surface area contributed by atoms with Crippen molar-refractivity contribution in [3.8, 4) is 0 Å². The highest BCUT2D eigenvalue weighted by molar-refractivity contribution is 5.96. The van der Waals surface area contributed by atoms with E-state index in [0.717, 1.165) is 11.1 Å². The average Bonchev–Trinajstić information content (AvgIpc) is 3.02. The number of nitrogens with one attached hydrogen (secondary N) is 1. The Morgan fingerprint density at radius 2 is 1.68 bits per heavy atom. The van der Waals surface area contributed by atoms with Gasteiger partial charge in [0.1, 0.15) is 11.3 Å². The van der Waals surface area contributed by atoms with Crippen LogP contribution in [0.2, 0.25) is 0 Å². The normalized spacial score (nSPS) is 12.0. The Labute approximate surface area is 147 Å². The van der Waals surface area contributed by atoms with E-state index in [1.165, 1.54) is 5.56 Å². The van der Waals surface area contributed by atoms with Crippen molar-refractivity contribution in [3.63, 3.8) is 0 Å². The molecule has 0 fully saturated rings. The zero-order valence-electron chi connectivity index (χ0n) is 14.7. The quantitative estimate of drug-likeness (QED) is 0.753. The van der Waals surface area contributed by atoms with E-state index in [2.05, 4.69) is 34.7 Å². The molecule has 128 valence electrons. The number of rotatable bonds is 5. The van der Waals surface area contributed by atoms with Crippen LogP contribution in [-0.4, -0.2) is 11.1 Å². The van der Waals surface area contributed by atoms with Crippen molar-refractivity contribution >= 4 is 5.91 Å². The lowest BCUT2D eigenvalue weighted by Gasteiger charge is -2.20. The Kier molecular flexibility index (Phi) is 4.98. The molecular weight excluding hydrogens is 312 g/mol. The molecule has 3 aromatic rings. The minimum Gasteiger partial charge on any atom is -0.361 e. The molecule has 1 heterocycles. The topological polar surface area (TPSA) is 55.1 Å². The zero-order valence-corrected chi connectivity index (χ0v) is 14.7. The van der Waals surface area contributed by atoms with E-state index in [4.69, 9.17) is 4.52 Å². The largest absolute Gasteiger partial charge is 0.361 e. The van der Waals surface area contributed by atoms with Crippen molar-refractivity contribution in [2.75, 3.05) is 0 Å². The second-order valence-electron chi connectivity index (χ2n) is 6.14. The molecule has 0 aliphatic carbocycles. The van der Waals surface area contributed by atoms with Crippen molar-refractivity contribution in [2.24, 2.45) is 0 Å². The summed E-state index contributed by atoms with van der Waals surface area (Å²) in [6, 6.07) is 17.9. The fourth-order valence-electron chi connectivity index (χ4n) is 2.92. The Balaban J connectivity index is 1.96. The molecule has 1 aromatic heterocycles. The van der Waals surface area contributed by atoms with Crippen LogP contribution in [0.3, 0.4) is 0 Å². The smallest absolute Gasteiger partial charge is 0.257 e. The Morgan fingerprint density at radius 1 is 1.04 bits per heavy atom. The molecule has 3 rings (SSSR count). The van der Waals surface area contributed by atoms with Gasteiger partial charge in [-0.2, -0.15) is 0 Å². The summed E-state index contributed by atoms with van der Waals surface area (Å²) < 4.78 is 5.21. The molecule has 4 heteroatoms. The van der Waals surface area contributed by atoms with Crippen LogP contribution in [0, 0.1) is 13.8 Å². The van der Waals surface area contributed by atoms with Gasteiger partial charge >= 0.3 is 0 Å². The van der Waals surface area contributed by atoms with E-state index in [9.17, 15) is 4.79 Å². The lowest BCUT2D eigenvalue weighted by atomic mass is 9.97. The fraction of sp³-hybridized carbons (Fsp3) is 0.238. The predicted molar refractivity (Wildman–Crippen MR) is 97.5 cm³/mol.